The molecule has 0 aliphatic heterocycles. The highest BCUT2D eigenvalue weighted by Gasteiger charge is 2.28. The summed E-state index contributed by atoms with van der Waals surface area (Å²) >= 11 is 0. The standard InChI is InChI=1S/C56H111NO5/c1-3-5-7-9-11-13-15-17-19-21-23-25-26-27-28-30-32-34-36-38-40-42-44-46-48-50-54(60)56(62)57-52(51-58)55(61)53(59)49-47-45-43-41-39-37-35-33-31-29-24-22-20-18-16-14-12-10-8-6-4-2/h27-28,52-55,58-61H,3-26,29-51H2,1-2H3,(H,57,62)/b28-27-. The van der Waals surface area contributed by atoms with Crippen LogP contribution in [0.15, 0.2) is 12.2 Å². The Hall–Kier alpha value is -0.950. The molecule has 62 heavy (non-hydrogen) atoms. The van der Waals surface area contributed by atoms with E-state index in [0.717, 1.165) is 38.5 Å². The zero-order valence-corrected chi connectivity index (χ0v) is 41.9. The van der Waals surface area contributed by atoms with Gasteiger partial charge in [0.25, 0.3) is 0 Å². The molecular formula is C56H111NO5. The Morgan fingerprint density at radius 1 is 0.387 bits per heavy atom. The first-order chi connectivity index (χ1) is 30.5. The minimum atomic E-state index is -1.26. The Bertz CT molecular complexity index is 898. The molecule has 0 rings (SSSR count). The van der Waals surface area contributed by atoms with Gasteiger partial charge in [0, 0.05) is 0 Å². The molecule has 0 aromatic rings. The summed E-state index contributed by atoms with van der Waals surface area (Å²) < 4.78 is 0. The second kappa shape index (κ2) is 51.0. The van der Waals surface area contributed by atoms with Crippen LogP contribution in [0.3, 0.4) is 0 Å². The van der Waals surface area contributed by atoms with E-state index in [2.05, 4.69) is 31.3 Å². The number of carbonyl (C=O) groups is 1. The van der Waals surface area contributed by atoms with Gasteiger partial charge in [-0.1, -0.05) is 283 Å². The second-order valence-electron chi connectivity index (χ2n) is 19.6. The highest BCUT2D eigenvalue weighted by atomic mass is 16.3. The average Bonchev–Trinajstić information content (AvgIpc) is 3.28. The van der Waals surface area contributed by atoms with Crippen LogP contribution in [0.25, 0.3) is 0 Å². The average molecular weight is 879 g/mol. The predicted octanol–water partition coefficient (Wildman–Crippen LogP) is 16.1. The highest BCUT2D eigenvalue weighted by molar-refractivity contribution is 5.80. The lowest BCUT2D eigenvalue weighted by molar-refractivity contribution is -0.132. The third kappa shape index (κ3) is 44.3. The van der Waals surface area contributed by atoms with Gasteiger partial charge in [0.15, 0.2) is 0 Å². The van der Waals surface area contributed by atoms with Gasteiger partial charge < -0.3 is 25.7 Å². The molecule has 0 aromatic carbocycles. The van der Waals surface area contributed by atoms with Gasteiger partial charge >= 0.3 is 0 Å². The van der Waals surface area contributed by atoms with Crippen LogP contribution < -0.4 is 5.32 Å². The number of hydrogen-bond acceptors (Lipinski definition) is 5. The van der Waals surface area contributed by atoms with E-state index in [9.17, 15) is 25.2 Å². The number of aliphatic hydroxyl groups excluding tert-OH is 4. The van der Waals surface area contributed by atoms with Crippen molar-refractivity contribution in [2.24, 2.45) is 0 Å². The summed E-state index contributed by atoms with van der Waals surface area (Å²) in [4.78, 5) is 12.6. The molecule has 370 valence electrons. The molecule has 0 saturated heterocycles. The molecule has 4 atom stereocenters. The van der Waals surface area contributed by atoms with E-state index < -0.39 is 36.9 Å². The number of carbonyl (C=O) groups excluding carboxylic acids is 1. The Morgan fingerprint density at radius 2 is 0.645 bits per heavy atom. The number of amides is 1. The van der Waals surface area contributed by atoms with Crippen LogP contribution >= 0.6 is 0 Å². The van der Waals surface area contributed by atoms with Crippen LogP contribution in [0.2, 0.25) is 0 Å². The lowest BCUT2D eigenvalue weighted by Gasteiger charge is -2.27. The maximum atomic E-state index is 12.6. The summed E-state index contributed by atoms with van der Waals surface area (Å²) in [6.45, 7) is 4.09. The van der Waals surface area contributed by atoms with Crippen LogP contribution in [0.1, 0.15) is 309 Å². The first-order valence-corrected chi connectivity index (χ1v) is 28.1. The van der Waals surface area contributed by atoms with Crippen molar-refractivity contribution in [3.63, 3.8) is 0 Å². The molecule has 0 heterocycles. The largest absolute Gasteiger partial charge is 0.394 e. The molecule has 0 bridgehead atoms. The lowest BCUT2D eigenvalue weighted by Crippen LogP contribution is -2.53. The summed E-state index contributed by atoms with van der Waals surface area (Å²) in [5.41, 5.74) is 0. The van der Waals surface area contributed by atoms with Gasteiger partial charge in [-0.15, -0.1) is 0 Å². The number of allylic oxidation sites excluding steroid dienone is 2. The Labute approximate surface area is 387 Å². The zero-order valence-electron chi connectivity index (χ0n) is 41.9. The van der Waals surface area contributed by atoms with Crippen LogP contribution in [-0.4, -0.2) is 57.3 Å². The van der Waals surface area contributed by atoms with Crippen molar-refractivity contribution in [2.75, 3.05) is 6.61 Å². The molecule has 0 saturated carbocycles. The van der Waals surface area contributed by atoms with Gasteiger partial charge in [-0.2, -0.15) is 0 Å². The van der Waals surface area contributed by atoms with Gasteiger partial charge in [-0.25, -0.2) is 0 Å². The minimum Gasteiger partial charge on any atom is -0.394 e. The van der Waals surface area contributed by atoms with Crippen molar-refractivity contribution in [1.29, 1.82) is 0 Å². The summed E-state index contributed by atoms with van der Waals surface area (Å²) in [7, 11) is 0. The van der Waals surface area contributed by atoms with Crippen molar-refractivity contribution in [1.82, 2.24) is 5.32 Å². The molecule has 0 spiro atoms. The summed E-state index contributed by atoms with van der Waals surface area (Å²) in [6, 6.07) is -0.984. The van der Waals surface area contributed by atoms with Crippen molar-refractivity contribution < 1.29 is 25.2 Å². The smallest absolute Gasteiger partial charge is 0.249 e. The first kappa shape index (κ1) is 61.0. The maximum absolute atomic E-state index is 12.6. The van der Waals surface area contributed by atoms with E-state index in [1.54, 1.807) is 0 Å². The fourth-order valence-corrected chi connectivity index (χ4v) is 9.05. The number of aliphatic hydroxyl groups is 4. The Balaban J connectivity index is 3.62. The van der Waals surface area contributed by atoms with E-state index in [-0.39, 0.29) is 0 Å². The predicted molar refractivity (Wildman–Crippen MR) is 270 cm³/mol. The fraction of sp³-hybridized carbons (Fsp3) is 0.946. The molecule has 4 unspecified atom stereocenters. The van der Waals surface area contributed by atoms with E-state index in [1.165, 1.54) is 244 Å². The van der Waals surface area contributed by atoms with Gasteiger partial charge in [0.05, 0.1) is 18.8 Å². The number of nitrogens with one attached hydrogen (secondary N) is 1. The Kier molecular flexibility index (Phi) is 50.3. The Morgan fingerprint density at radius 3 is 0.935 bits per heavy atom. The fourth-order valence-electron chi connectivity index (χ4n) is 9.05. The molecule has 1 amide bonds. The third-order valence-corrected chi connectivity index (χ3v) is 13.5. The quantitative estimate of drug-likeness (QED) is 0.0309. The maximum Gasteiger partial charge on any atom is 0.249 e. The summed E-state index contributed by atoms with van der Waals surface area (Å²) in [5.74, 6) is -0.580. The van der Waals surface area contributed by atoms with Crippen LogP contribution in [0.4, 0.5) is 0 Å². The van der Waals surface area contributed by atoms with E-state index in [4.69, 9.17) is 0 Å². The van der Waals surface area contributed by atoms with Crippen LogP contribution in [-0.2, 0) is 4.79 Å². The first-order valence-electron chi connectivity index (χ1n) is 28.1. The number of rotatable bonds is 52. The zero-order chi connectivity index (χ0) is 45.2. The van der Waals surface area contributed by atoms with Crippen molar-refractivity contribution in [3.8, 4) is 0 Å². The molecule has 6 nitrogen and oxygen atoms in total. The SMILES string of the molecule is CCCCCCCCCCCCCC/C=C\CCCCCCCCCCCC(O)C(=O)NC(CO)C(O)C(O)CCCCCCCCCCCCCCCCCCCCCCC. The summed E-state index contributed by atoms with van der Waals surface area (Å²) in [5, 5.41) is 44.0. The second-order valence-corrected chi connectivity index (χ2v) is 19.6. The molecule has 6 heteroatoms. The van der Waals surface area contributed by atoms with Crippen molar-refractivity contribution in [2.45, 2.75) is 334 Å². The molecule has 0 aliphatic carbocycles. The number of unbranched alkanes of at least 4 members (excludes halogenated alkanes) is 41. The van der Waals surface area contributed by atoms with Gasteiger partial charge in [0.2, 0.25) is 5.91 Å². The van der Waals surface area contributed by atoms with Crippen molar-refractivity contribution >= 4 is 5.91 Å². The van der Waals surface area contributed by atoms with E-state index in [0.29, 0.717) is 12.8 Å². The van der Waals surface area contributed by atoms with Gasteiger partial charge in [0.1, 0.15) is 12.2 Å². The number of hydrogen-bond donors (Lipinski definition) is 5. The molecule has 5 N–H and O–H groups in total. The molecular weight excluding hydrogens is 767 g/mol. The normalized spacial score (nSPS) is 13.8. The van der Waals surface area contributed by atoms with Crippen LogP contribution in [0, 0.1) is 0 Å². The van der Waals surface area contributed by atoms with E-state index in [1.807, 2.05) is 0 Å². The van der Waals surface area contributed by atoms with Crippen LogP contribution in [0.5, 0.6) is 0 Å². The summed E-state index contributed by atoms with van der Waals surface area (Å²) in [6.07, 6.45) is 59.9. The highest BCUT2D eigenvalue weighted by Crippen LogP contribution is 2.18. The lowest BCUT2D eigenvalue weighted by atomic mass is 9.99. The topological polar surface area (TPSA) is 110 Å². The molecule has 0 aromatic heterocycles. The molecule has 0 radical (unpaired) electrons. The molecule has 0 fully saturated rings. The minimum absolute atomic E-state index is 0.370. The monoisotopic (exact) mass is 878 g/mol. The van der Waals surface area contributed by atoms with E-state index >= 15 is 0 Å². The third-order valence-electron chi connectivity index (χ3n) is 13.5. The van der Waals surface area contributed by atoms with Crippen molar-refractivity contribution in [3.05, 3.63) is 12.2 Å². The van der Waals surface area contributed by atoms with Gasteiger partial charge in [-0.05, 0) is 38.5 Å². The molecule has 0 aliphatic rings. The van der Waals surface area contributed by atoms with Gasteiger partial charge in [-0.3, -0.25) is 4.79 Å².